The number of aliphatic imine (C=N–C) groups is 1. The fourth-order valence-electron chi connectivity index (χ4n) is 1.69. The van der Waals surface area contributed by atoms with E-state index in [-0.39, 0.29) is 0 Å². The molecule has 0 aliphatic heterocycles. The quantitative estimate of drug-likeness (QED) is 0.609. The lowest BCUT2D eigenvalue weighted by atomic mass is 10.2. The fraction of sp³-hybridized carbons (Fsp3) is 0.200. The topological polar surface area (TPSA) is 25.2 Å². The number of halogens is 1. The summed E-state index contributed by atoms with van der Waals surface area (Å²) in [5.41, 5.74) is 2.29. The number of thioether (sulfide) groups is 1. The van der Waals surface area contributed by atoms with Crippen LogP contribution in [0.15, 0.2) is 53.8 Å². The van der Waals surface area contributed by atoms with Gasteiger partial charge >= 0.3 is 0 Å². The van der Waals surface area contributed by atoms with Crippen molar-refractivity contribution in [3.05, 3.63) is 64.9 Å². The molecular formula is C15H15ClN2S. The van der Waals surface area contributed by atoms with E-state index < -0.39 is 0 Å². The minimum Gasteiger partial charge on any atom is -0.281 e. The Labute approximate surface area is 122 Å². The highest BCUT2D eigenvalue weighted by atomic mass is 35.5. The smallest absolute Gasteiger partial charge is 0.0979 e. The Morgan fingerprint density at radius 1 is 1.26 bits per heavy atom. The van der Waals surface area contributed by atoms with Crippen LogP contribution in [-0.4, -0.2) is 17.1 Å². The fourth-order valence-corrected chi connectivity index (χ4v) is 2.81. The average Bonchev–Trinajstić information content (AvgIpc) is 2.46. The molecule has 0 saturated carbocycles. The summed E-state index contributed by atoms with van der Waals surface area (Å²) in [6, 6.07) is 11.8. The zero-order chi connectivity index (χ0) is 13.7. The van der Waals surface area contributed by atoms with Gasteiger partial charge in [-0.25, -0.2) is 0 Å². The molecule has 1 atom stereocenters. The normalized spacial score (nSPS) is 13.3. The van der Waals surface area contributed by atoms with Gasteiger partial charge in [-0.05, 0) is 30.7 Å². The van der Waals surface area contributed by atoms with Gasteiger partial charge in [-0.15, -0.1) is 0 Å². The van der Waals surface area contributed by atoms with Crippen molar-refractivity contribution in [2.24, 2.45) is 4.99 Å². The molecule has 19 heavy (non-hydrogen) atoms. The third-order valence-corrected chi connectivity index (χ3v) is 4.26. The zero-order valence-corrected chi connectivity index (χ0v) is 12.4. The minimum absolute atomic E-state index is 0.308. The van der Waals surface area contributed by atoms with Crippen molar-refractivity contribution < 1.29 is 0 Å². The summed E-state index contributed by atoms with van der Waals surface area (Å²) in [5.74, 6) is 0. The first-order valence-electron chi connectivity index (χ1n) is 6.00. The second-order valence-corrected chi connectivity index (χ2v) is 5.85. The second kappa shape index (κ2) is 6.73. The standard InChI is InChI=1S/C15H15ClN2S/c1-11(13-4-3-9-18-10-13)19-15(17-2)12-5-7-14(16)8-6-12/h3-11H,1-2H3. The maximum atomic E-state index is 5.91. The summed E-state index contributed by atoms with van der Waals surface area (Å²) in [6.45, 7) is 2.16. The van der Waals surface area contributed by atoms with E-state index in [0.29, 0.717) is 5.25 Å². The third-order valence-electron chi connectivity index (χ3n) is 2.74. The number of nitrogens with zero attached hydrogens (tertiary/aromatic N) is 2. The van der Waals surface area contributed by atoms with Crippen molar-refractivity contribution in [3.8, 4) is 0 Å². The summed E-state index contributed by atoms with van der Waals surface area (Å²) in [4.78, 5) is 8.52. The van der Waals surface area contributed by atoms with E-state index in [1.165, 1.54) is 5.56 Å². The Balaban J connectivity index is 2.14. The maximum Gasteiger partial charge on any atom is 0.0979 e. The molecule has 1 unspecified atom stereocenters. The molecule has 0 radical (unpaired) electrons. The molecule has 1 aromatic heterocycles. The molecule has 0 amide bonds. The molecule has 0 N–H and O–H groups in total. The van der Waals surface area contributed by atoms with Gasteiger partial charge in [-0.3, -0.25) is 9.98 Å². The Kier molecular flexibility index (Phi) is 5.00. The summed E-state index contributed by atoms with van der Waals surface area (Å²) < 4.78 is 0. The van der Waals surface area contributed by atoms with Gasteiger partial charge in [0.25, 0.3) is 0 Å². The van der Waals surface area contributed by atoms with Gasteiger partial charge in [0.2, 0.25) is 0 Å². The molecule has 2 aromatic rings. The van der Waals surface area contributed by atoms with Gasteiger partial charge in [0.1, 0.15) is 0 Å². The van der Waals surface area contributed by atoms with Crippen molar-refractivity contribution >= 4 is 28.4 Å². The van der Waals surface area contributed by atoms with Crippen molar-refractivity contribution in [1.82, 2.24) is 4.98 Å². The van der Waals surface area contributed by atoms with Crippen LogP contribution in [0.1, 0.15) is 23.3 Å². The molecule has 0 fully saturated rings. The van der Waals surface area contributed by atoms with Crippen molar-refractivity contribution in [2.45, 2.75) is 12.2 Å². The van der Waals surface area contributed by atoms with E-state index in [1.54, 1.807) is 18.0 Å². The number of hydrogen-bond donors (Lipinski definition) is 0. The summed E-state index contributed by atoms with van der Waals surface area (Å²) in [6.07, 6.45) is 3.68. The van der Waals surface area contributed by atoms with Gasteiger partial charge in [0, 0.05) is 35.3 Å². The molecule has 0 aliphatic rings. The van der Waals surface area contributed by atoms with Crippen LogP contribution in [0.4, 0.5) is 0 Å². The van der Waals surface area contributed by atoms with E-state index in [4.69, 9.17) is 11.6 Å². The number of hydrogen-bond acceptors (Lipinski definition) is 3. The molecule has 0 saturated heterocycles. The number of aromatic nitrogens is 1. The van der Waals surface area contributed by atoms with Crippen LogP contribution in [0.5, 0.6) is 0 Å². The molecule has 1 heterocycles. The first kappa shape index (κ1) is 14.1. The Bertz CT molecular complexity index is 552. The SMILES string of the molecule is CN=C(SC(C)c1cccnc1)c1ccc(Cl)cc1. The van der Waals surface area contributed by atoms with Crippen LogP contribution in [-0.2, 0) is 0 Å². The van der Waals surface area contributed by atoms with Gasteiger partial charge in [-0.2, -0.15) is 0 Å². The van der Waals surface area contributed by atoms with Crippen molar-refractivity contribution in [3.63, 3.8) is 0 Å². The highest BCUT2D eigenvalue weighted by molar-refractivity contribution is 8.14. The minimum atomic E-state index is 0.308. The highest BCUT2D eigenvalue weighted by Gasteiger charge is 2.11. The van der Waals surface area contributed by atoms with Crippen molar-refractivity contribution in [2.75, 3.05) is 7.05 Å². The lowest BCUT2D eigenvalue weighted by molar-refractivity contribution is 1.08. The van der Waals surface area contributed by atoms with E-state index in [1.807, 2.05) is 43.6 Å². The second-order valence-electron chi connectivity index (χ2n) is 4.08. The monoisotopic (exact) mass is 290 g/mol. The van der Waals surface area contributed by atoms with Crippen molar-refractivity contribution in [1.29, 1.82) is 0 Å². The molecule has 4 heteroatoms. The van der Waals surface area contributed by atoms with E-state index in [0.717, 1.165) is 15.6 Å². The van der Waals surface area contributed by atoms with E-state index >= 15 is 0 Å². The van der Waals surface area contributed by atoms with Gasteiger partial charge in [0.05, 0.1) is 5.04 Å². The van der Waals surface area contributed by atoms with Crippen LogP contribution < -0.4 is 0 Å². The van der Waals surface area contributed by atoms with E-state index in [9.17, 15) is 0 Å². The van der Waals surface area contributed by atoms with Gasteiger partial charge < -0.3 is 0 Å². The molecule has 0 spiro atoms. The maximum absolute atomic E-state index is 5.91. The van der Waals surface area contributed by atoms with Crippen LogP contribution >= 0.6 is 23.4 Å². The summed E-state index contributed by atoms with van der Waals surface area (Å²) in [5, 5.41) is 2.06. The molecule has 2 nitrogen and oxygen atoms in total. The Morgan fingerprint density at radius 2 is 2.00 bits per heavy atom. The molecule has 0 aliphatic carbocycles. The first-order valence-corrected chi connectivity index (χ1v) is 7.26. The highest BCUT2D eigenvalue weighted by Crippen LogP contribution is 2.31. The lowest BCUT2D eigenvalue weighted by Gasteiger charge is -2.13. The molecule has 0 bridgehead atoms. The van der Waals surface area contributed by atoms with Crippen LogP contribution in [0.25, 0.3) is 0 Å². The van der Waals surface area contributed by atoms with Crippen LogP contribution in [0.3, 0.4) is 0 Å². The van der Waals surface area contributed by atoms with Crippen LogP contribution in [0, 0.1) is 0 Å². The average molecular weight is 291 g/mol. The lowest BCUT2D eigenvalue weighted by Crippen LogP contribution is -1.99. The Morgan fingerprint density at radius 3 is 2.58 bits per heavy atom. The largest absolute Gasteiger partial charge is 0.281 e. The summed E-state index contributed by atoms with van der Waals surface area (Å²) in [7, 11) is 1.81. The molecule has 1 aromatic carbocycles. The van der Waals surface area contributed by atoms with E-state index in [2.05, 4.69) is 23.0 Å². The van der Waals surface area contributed by atoms with Gasteiger partial charge in [-0.1, -0.05) is 41.6 Å². The van der Waals surface area contributed by atoms with Crippen LogP contribution in [0.2, 0.25) is 5.02 Å². The Hall–Kier alpha value is -1.32. The molecule has 98 valence electrons. The predicted molar refractivity (Wildman–Crippen MR) is 84.2 cm³/mol. The molecular weight excluding hydrogens is 276 g/mol. The summed E-state index contributed by atoms with van der Waals surface area (Å²) >= 11 is 7.63. The third kappa shape index (κ3) is 3.82. The molecule has 2 rings (SSSR count). The predicted octanol–water partition coefficient (Wildman–Crippen LogP) is 4.61. The number of pyridine rings is 1. The van der Waals surface area contributed by atoms with Gasteiger partial charge in [0.15, 0.2) is 0 Å². The first-order chi connectivity index (χ1) is 9.20. The zero-order valence-electron chi connectivity index (χ0n) is 10.9. The number of rotatable bonds is 3. The number of benzene rings is 1.